The van der Waals surface area contributed by atoms with E-state index in [4.69, 9.17) is 0 Å². The number of amides is 1. The molecule has 1 aliphatic heterocycles. The van der Waals surface area contributed by atoms with Crippen LogP contribution in [0.1, 0.15) is 25.3 Å². The highest BCUT2D eigenvalue weighted by Crippen LogP contribution is 2.23. The van der Waals surface area contributed by atoms with E-state index in [1.165, 1.54) is 5.56 Å². The molecule has 28 heavy (non-hydrogen) atoms. The van der Waals surface area contributed by atoms with E-state index < -0.39 is 0 Å². The van der Waals surface area contributed by atoms with Gasteiger partial charge in [0.2, 0.25) is 5.91 Å². The average Bonchev–Trinajstić information content (AvgIpc) is 3.29. The third-order valence-electron chi connectivity index (χ3n) is 5.15. The Labute approximate surface area is 164 Å². The predicted molar refractivity (Wildman–Crippen MR) is 109 cm³/mol. The second-order valence-electron chi connectivity index (χ2n) is 7.04. The van der Waals surface area contributed by atoms with Crippen LogP contribution in [0.2, 0.25) is 0 Å². The molecule has 144 valence electrons. The van der Waals surface area contributed by atoms with Crippen molar-refractivity contribution in [1.82, 2.24) is 19.7 Å². The lowest BCUT2D eigenvalue weighted by Crippen LogP contribution is -2.41. The lowest BCUT2D eigenvalue weighted by molar-refractivity contribution is -0.120. The van der Waals surface area contributed by atoms with Gasteiger partial charge in [-0.05, 0) is 49.1 Å². The summed E-state index contributed by atoms with van der Waals surface area (Å²) in [6.07, 6.45) is 8.06. The van der Waals surface area contributed by atoms with Gasteiger partial charge in [0.15, 0.2) is 11.6 Å². The van der Waals surface area contributed by atoms with Gasteiger partial charge in [0.25, 0.3) is 0 Å². The van der Waals surface area contributed by atoms with Crippen molar-refractivity contribution in [3.63, 3.8) is 0 Å². The molecule has 3 aromatic rings. The molecule has 0 aliphatic carbocycles. The van der Waals surface area contributed by atoms with E-state index in [0.717, 1.165) is 43.1 Å². The third kappa shape index (κ3) is 4.03. The van der Waals surface area contributed by atoms with Gasteiger partial charge in [0.05, 0.1) is 5.92 Å². The normalized spacial score (nSPS) is 16.8. The fraction of sp³-hybridized carbons (Fsp3) is 0.333. The van der Waals surface area contributed by atoms with Crippen molar-refractivity contribution < 1.29 is 4.79 Å². The number of anilines is 2. The average molecular weight is 376 g/mol. The molecule has 1 saturated heterocycles. The van der Waals surface area contributed by atoms with Gasteiger partial charge >= 0.3 is 0 Å². The maximum Gasteiger partial charge on any atom is 0.229 e. The van der Waals surface area contributed by atoms with E-state index in [2.05, 4.69) is 44.5 Å². The van der Waals surface area contributed by atoms with E-state index in [1.807, 2.05) is 35.0 Å². The minimum absolute atomic E-state index is 0.0604. The van der Waals surface area contributed by atoms with Crippen molar-refractivity contribution in [3.05, 3.63) is 60.7 Å². The van der Waals surface area contributed by atoms with Crippen LogP contribution in [-0.4, -0.2) is 38.7 Å². The van der Waals surface area contributed by atoms with Crippen molar-refractivity contribution in [3.8, 4) is 5.82 Å². The summed E-state index contributed by atoms with van der Waals surface area (Å²) in [7, 11) is 0. The van der Waals surface area contributed by atoms with Gasteiger partial charge < -0.3 is 10.2 Å². The topological polar surface area (TPSA) is 75.9 Å². The molecule has 1 N–H and O–H groups in total. The molecule has 2 aromatic heterocycles. The SMILES string of the molecule is CCc1ccc(NC(=O)C2CCCN(c3ccc(-n4ccnc4)nn3)C2)cc1. The van der Waals surface area contributed by atoms with Gasteiger partial charge in [-0.3, -0.25) is 9.36 Å². The Morgan fingerprint density at radius 3 is 2.61 bits per heavy atom. The number of hydrogen-bond donors (Lipinski definition) is 1. The van der Waals surface area contributed by atoms with Crippen molar-refractivity contribution in [1.29, 1.82) is 0 Å². The number of hydrogen-bond acceptors (Lipinski definition) is 5. The van der Waals surface area contributed by atoms with E-state index in [9.17, 15) is 4.79 Å². The Balaban J connectivity index is 1.40. The zero-order chi connectivity index (χ0) is 19.3. The van der Waals surface area contributed by atoms with Crippen LogP contribution in [0.3, 0.4) is 0 Å². The number of nitrogens with zero attached hydrogens (tertiary/aromatic N) is 5. The van der Waals surface area contributed by atoms with Gasteiger partial charge in [-0.2, -0.15) is 0 Å². The van der Waals surface area contributed by atoms with E-state index in [1.54, 1.807) is 12.5 Å². The van der Waals surface area contributed by atoms with Crippen LogP contribution in [0, 0.1) is 5.92 Å². The van der Waals surface area contributed by atoms with E-state index in [0.29, 0.717) is 6.54 Å². The Bertz CT molecular complexity index is 905. The summed E-state index contributed by atoms with van der Waals surface area (Å²) in [5.41, 5.74) is 2.11. The number of aryl methyl sites for hydroxylation is 1. The van der Waals surface area contributed by atoms with Crippen LogP contribution in [0.15, 0.2) is 55.1 Å². The van der Waals surface area contributed by atoms with Gasteiger partial charge in [0, 0.05) is 31.2 Å². The number of rotatable bonds is 5. The first-order chi connectivity index (χ1) is 13.7. The standard InChI is InChI=1S/C21H24N6O/c1-2-16-5-7-18(8-6-16)23-21(28)17-4-3-12-26(14-17)19-9-10-20(25-24-19)27-13-11-22-15-27/h5-11,13,15,17H,2-4,12,14H2,1H3,(H,23,28). The second-order valence-corrected chi connectivity index (χ2v) is 7.04. The highest BCUT2D eigenvalue weighted by molar-refractivity contribution is 5.93. The quantitative estimate of drug-likeness (QED) is 0.741. The summed E-state index contributed by atoms with van der Waals surface area (Å²) in [4.78, 5) is 18.9. The third-order valence-corrected chi connectivity index (χ3v) is 5.15. The van der Waals surface area contributed by atoms with E-state index >= 15 is 0 Å². The predicted octanol–water partition coefficient (Wildman–Crippen LogP) is 3.08. The maximum absolute atomic E-state index is 12.7. The van der Waals surface area contributed by atoms with E-state index in [-0.39, 0.29) is 11.8 Å². The van der Waals surface area contributed by atoms with Gasteiger partial charge in [-0.1, -0.05) is 19.1 Å². The first-order valence-corrected chi connectivity index (χ1v) is 9.70. The summed E-state index contributed by atoms with van der Waals surface area (Å²) in [5, 5.41) is 11.7. The fourth-order valence-corrected chi connectivity index (χ4v) is 3.49. The molecule has 7 heteroatoms. The summed E-state index contributed by atoms with van der Waals surface area (Å²) in [6.45, 7) is 3.65. The number of imidazole rings is 1. The molecule has 1 amide bonds. The fourth-order valence-electron chi connectivity index (χ4n) is 3.49. The van der Waals surface area contributed by atoms with Gasteiger partial charge in [-0.25, -0.2) is 4.98 Å². The van der Waals surface area contributed by atoms with Crippen molar-refractivity contribution in [2.24, 2.45) is 5.92 Å². The molecule has 3 heterocycles. The first-order valence-electron chi connectivity index (χ1n) is 9.70. The highest BCUT2D eigenvalue weighted by atomic mass is 16.1. The minimum Gasteiger partial charge on any atom is -0.354 e. The number of nitrogens with one attached hydrogen (secondary N) is 1. The second kappa shape index (κ2) is 8.21. The largest absolute Gasteiger partial charge is 0.354 e. The summed E-state index contributed by atoms with van der Waals surface area (Å²) in [6, 6.07) is 11.9. The Morgan fingerprint density at radius 2 is 1.93 bits per heavy atom. The molecule has 1 fully saturated rings. The number of piperidine rings is 1. The van der Waals surface area contributed by atoms with Crippen molar-refractivity contribution in [2.45, 2.75) is 26.2 Å². The summed E-state index contributed by atoms with van der Waals surface area (Å²) < 4.78 is 1.81. The van der Waals surface area contributed by atoms with Crippen LogP contribution in [0.5, 0.6) is 0 Å². The van der Waals surface area contributed by atoms with Crippen molar-refractivity contribution >= 4 is 17.4 Å². The van der Waals surface area contributed by atoms with Crippen LogP contribution < -0.4 is 10.2 Å². The van der Waals surface area contributed by atoms with Crippen LogP contribution in [0.4, 0.5) is 11.5 Å². The monoisotopic (exact) mass is 376 g/mol. The number of benzene rings is 1. The van der Waals surface area contributed by atoms with Crippen LogP contribution in [0.25, 0.3) is 5.82 Å². The first kappa shape index (κ1) is 18.2. The Kier molecular flexibility index (Phi) is 5.32. The number of aromatic nitrogens is 4. The molecule has 1 aliphatic rings. The Hall–Kier alpha value is -3.22. The molecule has 0 bridgehead atoms. The van der Waals surface area contributed by atoms with Gasteiger partial charge in [0.1, 0.15) is 6.33 Å². The lowest BCUT2D eigenvalue weighted by Gasteiger charge is -2.32. The molecular weight excluding hydrogens is 352 g/mol. The van der Waals surface area contributed by atoms with Gasteiger partial charge in [-0.15, -0.1) is 10.2 Å². The maximum atomic E-state index is 12.7. The van der Waals surface area contributed by atoms with Crippen LogP contribution in [-0.2, 0) is 11.2 Å². The zero-order valence-electron chi connectivity index (χ0n) is 16.0. The molecule has 1 aromatic carbocycles. The molecule has 7 nitrogen and oxygen atoms in total. The smallest absolute Gasteiger partial charge is 0.229 e. The highest BCUT2D eigenvalue weighted by Gasteiger charge is 2.26. The molecule has 0 spiro atoms. The molecule has 1 unspecified atom stereocenters. The molecule has 4 rings (SSSR count). The summed E-state index contributed by atoms with van der Waals surface area (Å²) >= 11 is 0. The zero-order valence-corrected chi connectivity index (χ0v) is 16.0. The molecule has 0 radical (unpaired) electrons. The summed E-state index contributed by atoms with van der Waals surface area (Å²) in [5.74, 6) is 1.53. The number of carbonyl (C=O) groups is 1. The van der Waals surface area contributed by atoms with Crippen LogP contribution >= 0.6 is 0 Å². The van der Waals surface area contributed by atoms with Crippen molar-refractivity contribution in [2.75, 3.05) is 23.3 Å². The minimum atomic E-state index is -0.0604. The molecule has 1 atom stereocenters. The molecular formula is C21H24N6O. The Morgan fingerprint density at radius 1 is 1.14 bits per heavy atom. The lowest BCUT2D eigenvalue weighted by atomic mass is 9.97. The number of carbonyl (C=O) groups excluding carboxylic acids is 1. The molecule has 0 saturated carbocycles.